The van der Waals surface area contributed by atoms with Crippen molar-refractivity contribution in [1.82, 2.24) is 0 Å². The zero-order chi connectivity index (χ0) is 21.8. The third-order valence-electron chi connectivity index (χ3n) is 5.39. The highest BCUT2D eigenvalue weighted by Crippen LogP contribution is 2.38. The second-order valence-corrected chi connectivity index (χ2v) is 12.6. The zero-order valence-corrected chi connectivity index (χ0v) is 18.9. The maximum absolute atomic E-state index is 11.3. The van der Waals surface area contributed by atoms with Crippen LogP contribution >= 0.6 is 0 Å². The van der Waals surface area contributed by atoms with Gasteiger partial charge >= 0.3 is 0 Å². The van der Waals surface area contributed by atoms with Crippen molar-refractivity contribution in [3.8, 4) is 11.5 Å². The van der Waals surface area contributed by atoms with Gasteiger partial charge in [0.05, 0.1) is 19.3 Å². The lowest BCUT2D eigenvalue weighted by Crippen LogP contribution is -2.66. The van der Waals surface area contributed by atoms with Gasteiger partial charge in [-0.3, -0.25) is 4.79 Å². The lowest BCUT2D eigenvalue weighted by atomic mass is 10.1. The second kappa shape index (κ2) is 8.86. The molecular weight excluding hydrogens is 392 g/mol. The number of aromatic hydroxyl groups is 1. The van der Waals surface area contributed by atoms with Crippen LogP contribution in [0.4, 0.5) is 0 Å². The number of hydrogen-bond donors (Lipinski definition) is 1. The quantitative estimate of drug-likeness (QED) is 0.458. The number of rotatable bonds is 7. The van der Waals surface area contributed by atoms with Crippen LogP contribution in [0.3, 0.4) is 0 Å². The molecule has 30 heavy (non-hydrogen) atoms. The number of phenols is 1. The summed E-state index contributed by atoms with van der Waals surface area (Å²) in [4.78, 5) is 11.3. The van der Waals surface area contributed by atoms with Crippen molar-refractivity contribution < 1.29 is 19.1 Å². The zero-order valence-electron chi connectivity index (χ0n) is 17.9. The summed E-state index contributed by atoms with van der Waals surface area (Å²) in [7, 11) is -1.21. The molecule has 0 amide bonds. The molecule has 3 aromatic carbocycles. The molecule has 3 aromatic rings. The fraction of sp³-hybridized carbons (Fsp3) is 0.240. The molecule has 0 aliphatic carbocycles. The SMILES string of the molecule is COc1cc(CO[Si](c2ccccc2)(c2ccccc2)C(C)(C)C)cc(O)c1C=O. The summed E-state index contributed by atoms with van der Waals surface area (Å²) in [5.41, 5.74) is 0.898. The van der Waals surface area contributed by atoms with Crippen LogP contribution in [0.2, 0.25) is 5.04 Å². The van der Waals surface area contributed by atoms with Gasteiger partial charge in [0.2, 0.25) is 0 Å². The first-order valence-corrected chi connectivity index (χ1v) is 11.8. The van der Waals surface area contributed by atoms with Gasteiger partial charge in [0.15, 0.2) is 6.29 Å². The van der Waals surface area contributed by atoms with Crippen LogP contribution in [0.1, 0.15) is 36.7 Å². The van der Waals surface area contributed by atoms with E-state index < -0.39 is 8.32 Å². The Bertz CT molecular complexity index is 955. The van der Waals surface area contributed by atoms with Crippen LogP contribution < -0.4 is 15.1 Å². The summed E-state index contributed by atoms with van der Waals surface area (Å²) < 4.78 is 12.2. The number of carbonyl (C=O) groups is 1. The van der Waals surface area contributed by atoms with Gasteiger partial charge in [0.1, 0.15) is 11.5 Å². The maximum Gasteiger partial charge on any atom is 0.261 e. The summed E-state index contributed by atoms with van der Waals surface area (Å²) in [6.07, 6.45) is 0.598. The van der Waals surface area contributed by atoms with E-state index in [1.807, 2.05) is 36.4 Å². The first-order valence-electron chi connectivity index (χ1n) is 9.93. The average molecular weight is 421 g/mol. The van der Waals surface area contributed by atoms with Gasteiger partial charge in [0.25, 0.3) is 8.32 Å². The highest BCUT2D eigenvalue weighted by molar-refractivity contribution is 6.99. The minimum absolute atomic E-state index is 0.106. The number of methoxy groups -OCH3 is 1. The van der Waals surface area contributed by atoms with E-state index in [9.17, 15) is 9.90 Å². The molecule has 0 radical (unpaired) electrons. The van der Waals surface area contributed by atoms with Crippen molar-refractivity contribution in [2.75, 3.05) is 7.11 Å². The summed E-state index contributed by atoms with van der Waals surface area (Å²) in [5, 5.41) is 12.5. The number of phenolic OH excluding ortho intramolecular Hbond substituents is 1. The number of hydrogen-bond acceptors (Lipinski definition) is 4. The topological polar surface area (TPSA) is 55.8 Å². The molecule has 0 saturated carbocycles. The number of aldehydes is 1. The lowest BCUT2D eigenvalue weighted by Gasteiger charge is -2.43. The van der Waals surface area contributed by atoms with Crippen LogP contribution in [-0.4, -0.2) is 26.8 Å². The molecule has 0 unspecified atom stereocenters. The van der Waals surface area contributed by atoms with Crippen LogP contribution in [0.25, 0.3) is 0 Å². The van der Waals surface area contributed by atoms with Crippen LogP contribution in [-0.2, 0) is 11.0 Å². The van der Waals surface area contributed by atoms with E-state index in [0.717, 1.165) is 5.56 Å². The Morgan fingerprint density at radius 1 is 0.933 bits per heavy atom. The van der Waals surface area contributed by atoms with E-state index >= 15 is 0 Å². The van der Waals surface area contributed by atoms with Crippen LogP contribution in [0.5, 0.6) is 11.5 Å². The molecule has 5 heteroatoms. The molecule has 0 atom stereocenters. The Kier molecular flexibility index (Phi) is 6.44. The van der Waals surface area contributed by atoms with Crippen LogP contribution in [0.15, 0.2) is 72.8 Å². The van der Waals surface area contributed by atoms with E-state index in [0.29, 0.717) is 12.0 Å². The van der Waals surface area contributed by atoms with Crippen molar-refractivity contribution in [1.29, 1.82) is 0 Å². The third-order valence-corrected chi connectivity index (χ3v) is 10.4. The fourth-order valence-corrected chi connectivity index (χ4v) is 8.53. The van der Waals surface area contributed by atoms with Crippen LogP contribution in [0, 0.1) is 0 Å². The molecule has 0 heterocycles. The fourth-order valence-electron chi connectivity index (χ4n) is 3.99. The largest absolute Gasteiger partial charge is 0.507 e. The minimum atomic E-state index is -2.69. The van der Waals surface area contributed by atoms with Gasteiger partial charge in [0, 0.05) is 0 Å². The molecule has 0 aromatic heterocycles. The first kappa shape index (κ1) is 21.8. The van der Waals surface area contributed by atoms with Crippen molar-refractivity contribution >= 4 is 25.0 Å². The highest BCUT2D eigenvalue weighted by Gasteiger charge is 2.50. The van der Waals surface area contributed by atoms with Crippen molar-refractivity contribution in [3.05, 3.63) is 83.9 Å². The monoisotopic (exact) mass is 420 g/mol. The van der Waals surface area contributed by atoms with Gasteiger partial charge in [-0.05, 0) is 33.1 Å². The minimum Gasteiger partial charge on any atom is -0.507 e. The van der Waals surface area contributed by atoms with E-state index in [1.54, 1.807) is 12.1 Å². The molecule has 0 saturated heterocycles. The number of carbonyl (C=O) groups excluding carboxylic acids is 1. The maximum atomic E-state index is 11.3. The Hall–Kier alpha value is -2.89. The normalized spacial score (nSPS) is 11.9. The Balaban J connectivity index is 2.11. The van der Waals surface area contributed by atoms with E-state index in [-0.39, 0.29) is 23.0 Å². The third kappa shape index (κ3) is 4.04. The van der Waals surface area contributed by atoms with Gasteiger partial charge < -0.3 is 14.3 Å². The van der Waals surface area contributed by atoms with Crippen molar-refractivity contribution in [3.63, 3.8) is 0 Å². The highest BCUT2D eigenvalue weighted by atomic mass is 28.4. The van der Waals surface area contributed by atoms with Gasteiger partial charge in [-0.2, -0.15) is 0 Å². The molecule has 0 bridgehead atoms. The predicted molar refractivity (Wildman–Crippen MR) is 122 cm³/mol. The molecule has 1 N–H and O–H groups in total. The summed E-state index contributed by atoms with van der Waals surface area (Å²) in [5.74, 6) is 0.233. The molecule has 4 nitrogen and oxygen atoms in total. The molecular formula is C25H28O4Si. The summed E-state index contributed by atoms with van der Waals surface area (Å²) >= 11 is 0. The predicted octanol–water partition coefficient (Wildman–Crippen LogP) is 4.29. The Labute approximate surface area is 179 Å². The van der Waals surface area contributed by atoms with Crippen molar-refractivity contribution in [2.24, 2.45) is 0 Å². The van der Waals surface area contributed by atoms with Crippen molar-refractivity contribution in [2.45, 2.75) is 32.4 Å². The Morgan fingerprint density at radius 2 is 1.47 bits per heavy atom. The molecule has 0 aliphatic rings. The van der Waals surface area contributed by atoms with E-state index in [4.69, 9.17) is 9.16 Å². The molecule has 3 rings (SSSR count). The van der Waals surface area contributed by atoms with Gasteiger partial charge in [-0.1, -0.05) is 81.4 Å². The standard InChI is InChI=1S/C25H28O4Si/c1-25(2,3)30(20-11-7-5-8-12-20,21-13-9-6-10-14-21)29-18-19-15-23(27)22(17-26)24(16-19)28-4/h5-17,27H,18H2,1-4H3. The summed E-state index contributed by atoms with van der Waals surface area (Å²) in [6, 6.07) is 24.1. The van der Waals surface area contributed by atoms with Gasteiger partial charge in [-0.15, -0.1) is 0 Å². The Morgan fingerprint density at radius 3 is 1.90 bits per heavy atom. The number of ether oxygens (including phenoxy) is 1. The second-order valence-electron chi connectivity index (χ2n) is 8.30. The molecule has 0 aliphatic heterocycles. The van der Waals surface area contributed by atoms with E-state index in [2.05, 4.69) is 45.0 Å². The smallest absolute Gasteiger partial charge is 0.261 e. The first-order chi connectivity index (χ1) is 14.3. The molecule has 156 valence electrons. The van der Waals surface area contributed by atoms with E-state index in [1.165, 1.54) is 17.5 Å². The average Bonchev–Trinajstić information content (AvgIpc) is 2.74. The molecule has 0 fully saturated rings. The number of benzene rings is 3. The molecule has 0 spiro atoms. The summed E-state index contributed by atoms with van der Waals surface area (Å²) in [6.45, 7) is 6.93. The lowest BCUT2D eigenvalue weighted by molar-refractivity contribution is 0.111. The van der Waals surface area contributed by atoms with Gasteiger partial charge in [-0.25, -0.2) is 0 Å².